The molecule has 0 aliphatic heterocycles. The Kier molecular flexibility index (Phi) is 3.23. The molecule has 3 heteroatoms. The lowest BCUT2D eigenvalue weighted by atomic mass is 10.1. The third-order valence-corrected chi connectivity index (χ3v) is 2.25. The van der Waals surface area contributed by atoms with Crippen molar-refractivity contribution in [2.45, 2.75) is 33.7 Å². The van der Waals surface area contributed by atoms with Crippen LogP contribution in [0.5, 0.6) is 0 Å². The first-order valence-electron chi connectivity index (χ1n) is 4.76. The summed E-state index contributed by atoms with van der Waals surface area (Å²) in [5.41, 5.74) is 3.09. The molecule has 14 heavy (non-hydrogen) atoms. The van der Waals surface area contributed by atoms with Crippen molar-refractivity contribution in [3.63, 3.8) is 0 Å². The van der Waals surface area contributed by atoms with Crippen molar-refractivity contribution in [1.82, 2.24) is 0 Å². The van der Waals surface area contributed by atoms with Crippen molar-refractivity contribution in [2.75, 3.05) is 5.01 Å². The molecule has 0 amide bonds. The minimum Gasteiger partial charge on any atom is -0.226 e. The van der Waals surface area contributed by atoms with Gasteiger partial charge in [0.2, 0.25) is 0 Å². The van der Waals surface area contributed by atoms with Gasteiger partial charge >= 0.3 is 0 Å². The third-order valence-electron chi connectivity index (χ3n) is 2.25. The van der Waals surface area contributed by atoms with Crippen molar-refractivity contribution >= 4 is 5.69 Å². The van der Waals surface area contributed by atoms with Crippen molar-refractivity contribution in [2.24, 2.45) is 5.29 Å². The van der Waals surface area contributed by atoms with Gasteiger partial charge in [0.05, 0.1) is 17.0 Å². The Morgan fingerprint density at radius 2 is 1.71 bits per heavy atom. The lowest BCUT2D eigenvalue weighted by molar-refractivity contribution is 0.704. The van der Waals surface area contributed by atoms with Crippen LogP contribution in [0.2, 0.25) is 0 Å². The Balaban J connectivity index is 3.21. The second kappa shape index (κ2) is 4.22. The van der Waals surface area contributed by atoms with E-state index in [0.717, 1.165) is 16.8 Å². The van der Waals surface area contributed by atoms with Crippen molar-refractivity contribution < 1.29 is 0 Å². The first-order chi connectivity index (χ1) is 6.57. The summed E-state index contributed by atoms with van der Waals surface area (Å²) in [5.74, 6) is 0. The average molecular weight is 192 g/mol. The van der Waals surface area contributed by atoms with Crippen LogP contribution in [0.4, 0.5) is 5.69 Å². The quantitative estimate of drug-likeness (QED) is 0.544. The number of nitroso groups, excluding NO2 is 1. The summed E-state index contributed by atoms with van der Waals surface area (Å²) in [6.45, 7) is 7.88. The van der Waals surface area contributed by atoms with Gasteiger partial charge in [-0.15, -0.1) is 4.91 Å². The fraction of sp³-hybridized carbons (Fsp3) is 0.455. The van der Waals surface area contributed by atoms with Gasteiger partial charge in [0, 0.05) is 0 Å². The number of anilines is 1. The molecule has 0 bridgehead atoms. The fourth-order valence-electron chi connectivity index (χ4n) is 1.56. The van der Waals surface area contributed by atoms with Crippen LogP contribution >= 0.6 is 0 Å². The first-order valence-corrected chi connectivity index (χ1v) is 4.76. The zero-order valence-electron chi connectivity index (χ0n) is 9.11. The maximum atomic E-state index is 10.7. The van der Waals surface area contributed by atoms with Gasteiger partial charge in [0.25, 0.3) is 0 Å². The summed E-state index contributed by atoms with van der Waals surface area (Å²) >= 11 is 0. The standard InChI is InChI=1S/C11H16N2O/c1-8(2)13(12-14)11-9(3)6-5-7-10(11)4/h5-8H,1-4H3. The SMILES string of the molecule is Cc1cccc(C)c1N(N=O)C(C)C. The smallest absolute Gasteiger partial charge is 0.0687 e. The number of aryl methyl sites for hydroxylation is 2. The van der Waals surface area contributed by atoms with Crippen molar-refractivity contribution in [3.05, 3.63) is 34.2 Å². The number of rotatable bonds is 3. The monoisotopic (exact) mass is 192 g/mol. The van der Waals surface area contributed by atoms with Crippen LogP contribution in [-0.4, -0.2) is 6.04 Å². The van der Waals surface area contributed by atoms with Crippen LogP contribution in [0.3, 0.4) is 0 Å². The predicted molar refractivity (Wildman–Crippen MR) is 59.3 cm³/mol. The molecule has 1 aromatic carbocycles. The van der Waals surface area contributed by atoms with E-state index in [1.54, 1.807) is 0 Å². The normalized spacial score (nSPS) is 10.4. The number of para-hydroxylation sites is 1. The largest absolute Gasteiger partial charge is 0.226 e. The van der Waals surface area contributed by atoms with E-state index in [2.05, 4.69) is 5.29 Å². The van der Waals surface area contributed by atoms with E-state index in [9.17, 15) is 4.91 Å². The van der Waals surface area contributed by atoms with Crippen LogP contribution in [0, 0.1) is 18.8 Å². The molecule has 0 spiro atoms. The molecule has 0 aliphatic rings. The highest BCUT2D eigenvalue weighted by Crippen LogP contribution is 2.26. The Hall–Kier alpha value is -1.38. The summed E-state index contributed by atoms with van der Waals surface area (Å²) in [7, 11) is 0. The lowest BCUT2D eigenvalue weighted by Crippen LogP contribution is -2.25. The minimum atomic E-state index is 0.0901. The van der Waals surface area contributed by atoms with Crippen molar-refractivity contribution in [3.8, 4) is 0 Å². The molecule has 0 fully saturated rings. The number of nitrogens with zero attached hydrogens (tertiary/aromatic N) is 2. The number of hydrogen-bond donors (Lipinski definition) is 0. The van der Waals surface area contributed by atoms with E-state index in [4.69, 9.17) is 0 Å². The molecule has 0 aliphatic carbocycles. The second-order valence-electron chi connectivity index (χ2n) is 3.76. The van der Waals surface area contributed by atoms with Crippen LogP contribution in [0.15, 0.2) is 23.5 Å². The molecule has 0 aromatic heterocycles. The average Bonchev–Trinajstić information content (AvgIpc) is 2.10. The molecule has 0 saturated heterocycles. The van der Waals surface area contributed by atoms with Gasteiger partial charge in [0.1, 0.15) is 0 Å². The molecule has 3 nitrogen and oxygen atoms in total. The molecular weight excluding hydrogens is 176 g/mol. The van der Waals surface area contributed by atoms with Gasteiger partial charge in [-0.1, -0.05) is 18.2 Å². The summed E-state index contributed by atoms with van der Waals surface area (Å²) in [5, 5.41) is 4.58. The summed E-state index contributed by atoms with van der Waals surface area (Å²) < 4.78 is 0. The third kappa shape index (κ3) is 1.92. The fourth-order valence-corrected chi connectivity index (χ4v) is 1.56. The van der Waals surface area contributed by atoms with E-state index in [1.807, 2.05) is 45.9 Å². The highest BCUT2D eigenvalue weighted by atomic mass is 16.3. The molecule has 0 saturated carbocycles. The summed E-state index contributed by atoms with van der Waals surface area (Å²) in [6, 6.07) is 6.05. The Morgan fingerprint density at radius 1 is 1.21 bits per heavy atom. The van der Waals surface area contributed by atoms with Crippen LogP contribution < -0.4 is 5.01 Å². The molecule has 0 heterocycles. The molecule has 76 valence electrons. The van der Waals surface area contributed by atoms with Gasteiger partial charge in [-0.2, -0.15) is 0 Å². The lowest BCUT2D eigenvalue weighted by Gasteiger charge is -2.23. The molecule has 1 rings (SSSR count). The Bertz CT molecular complexity index is 314. The highest BCUT2D eigenvalue weighted by molar-refractivity contribution is 5.58. The zero-order valence-corrected chi connectivity index (χ0v) is 9.11. The highest BCUT2D eigenvalue weighted by Gasteiger charge is 2.15. The Labute approximate surface area is 84.7 Å². The zero-order chi connectivity index (χ0) is 10.7. The van der Waals surface area contributed by atoms with Gasteiger partial charge in [-0.25, -0.2) is 5.01 Å². The van der Waals surface area contributed by atoms with Crippen LogP contribution in [0.25, 0.3) is 0 Å². The maximum absolute atomic E-state index is 10.7. The second-order valence-corrected chi connectivity index (χ2v) is 3.76. The van der Waals surface area contributed by atoms with Gasteiger partial charge in [0.15, 0.2) is 0 Å². The molecule has 0 unspecified atom stereocenters. The maximum Gasteiger partial charge on any atom is 0.0687 e. The van der Waals surface area contributed by atoms with E-state index < -0.39 is 0 Å². The van der Waals surface area contributed by atoms with Gasteiger partial charge < -0.3 is 0 Å². The Morgan fingerprint density at radius 3 is 2.07 bits per heavy atom. The molecular formula is C11H16N2O. The first kappa shape index (κ1) is 10.7. The van der Waals surface area contributed by atoms with Gasteiger partial charge in [-0.05, 0) is 38.8 Å². The molecule has 1 aromatic rings. The minimum absolute atomic E-state index is 0.0901. The van der Waals surface area contributed by atoms with E-state index in [-0.39, 0.29) is 6.04 Å². The number of benzene rings is 1. The molecule has 0 radical (unpaired) electrons. The topological polar surface area (TPSA) is 32.7 Å². The summed E-state index contributed by atoms with van der Waals surface area (Å²) in [4.78, 5) is 10.7. The van der Waals surface area contributed by atoms with Crippen LogP contribution in [0.1, 0.15) is 25.0 Å². The van der Waals surface area contributed by atoms with Gasteiger partial charge in [-0.3, -0.25) is 0 Å². The van der Waals surface area contributed by atoms with E-state index in [0.29, 0.717) is 0 Å². The molecule has 0 N–H and O–H groups in total. The predicted octanol–water partition coefficient (Wildman–Crippen LogP) is 3.20. The molecule has 0 atom stereocenters. The van der Waals surface area contributed by atoms with Crippen molar-refractivity contribution in [1.29, 1.82) is 0 Å². The van der Waals surface area contributed by atoms with Crippen LogP contribution in [-0.2, 0) is 0 Å². The van der Waals surface area contributed by atoms with E-state index >= 15 is 0 Å². The number of hydrogen-bond acceptors (Lipinski definition) is 2. The van der Waals surface area contributed by atoms with E-state index in [1.165, 1.54) is 5.01 Å². The summed E-state index contributed by atoms with van der Waals surface area (Å²) in [6.07, 6.45) is 0.